The van der Waals surface area contributed by atoms with Gasteiger partial charge >= 0.3 is 0 Å². The molecular weight excluding hydrogens is 190 g/mol. The number of thioether (sulfide) groups is 1. The summed E-state index contributed by atoms with van der Waals surface area (Å²) in [4.78, 5) is 0. The van der Waals surface area contributed by atoms with Crippen molar-refractivity contribution >= 4 is 22.7 Å². The van der Waals surface area contributed by atoms with Gasteiger partial charge in [0.15, 0.2) is 0 Å². The van der Waals surface area contributed by atoms with E-state index >= 15 is 0 Å². The van der Waals surface area contributed by atoms with E-state index in [1.54, 1.807) is 0 Å². The quantitative estimate of drug-likeness (QED) is 0.537. The van der Waals surface area contributed by atoms with Gasteiger partial charge in [-0.25, -0.2) is 0 Å². The van der Waals surface area contributed by atoms with Crippen LogP contribution in [0.3, 0.4) is 0 Å². The molecule has 72 valence electrons. The first-order valence-electron chi connectivity index (χ1n) is 4.83. The molecule has 0 N–H and O–H groups in total. The van der Waals surface area contributed by atoms with Gasteiger partial charge in [-0.15, -0.1) is 0 Å². The molecule has 0 saturated carbocycles. The molecule has 1 heterocycles. The van der Waals surface area contributed by atoms with E-state index in [4.69, 9.17) is 0 Å². The van der Waals surface area contributed by atoms with E-state index in [-0.39, 0.29) is 0 Å². The van der Waals surface area contributed by atoms with Gasteiger partial charge in [0.05, 0.1) is 0 Å². The molecule has 0 spiro atoms. The molecule has 2 aromatic rings. The van der Waals surface area contributed by atoms with E-state index in [0.717, 1.165) is 5.75 Å². The van der Waals surface area contributed by atoms with Gasteiger partial charge in [0.25, 0.3) is 0 Å². The Hall–Kier alpha value is -1.02. The molecule has 1 aromatic heterocycles. The van der Waals surface area contributed by atoms with Crippen LogP contribution in [-0.2, 0) is 7.05 Å². The van der Waals surface area contributed by atoms with Gasteiger partial charge in [-0.3, -0.25) is 0 Å². The third kappa shape index (κ3) is 1.62. The molecule has 0 unspecified atom stereocenters. The number of aromatic nitrogens is 1. The van der Waals surface area contributed by atoms with Gasteiger partial charge in [0, 0.05) is 23.3 Å². The van der Waals surface area contributed by atoms with Crippen LogP contribution in [0.2, 0.25) is 0 Å². The zero-order chi connectivity index (χ0) is 9.97. The Morgan fingerprint density at radius 1 is 1.14 bits per heavy atom. The molecule has 0 radical (unpaired) electrons. The molecule has 0 aliphatic rings. The van der Waals surface area contributed by atoms with E-state index < -0.39 is 0 Å². The van der Waals surface area contributed by atoms with Gasteiger partial charge in [0.2, 0.25) is 10.5 Å². The van der Waals surface area contributed by atoms with Crippen LogP contribution >= 0.6 is 11.8 Å². The lowest BCUT2D eigenvalue weighted by Crippen LogP contribution is -2.31. The summed E-state index contributed by atoms with van der Waals surface area (Å²) >= 11 is 1.88. The Balaban J connectivity index is 2.63. The standard InChI is InChI=1S/C12H14NS/c1-3-14-12-9-8-10-6-4-5-7-11(10)13(12)2/h4-9H,3H2,1-2H3/q+1. The molecule has 14 heavy (non-hydrogen) atoms. The molecule has 1 nitrogen and oxygen atoms in total. The zero-order valence-electron chi connectivity index (χ0n) is 8.53. The number of pyridine rings is 1. The van der Waals surface area contributed by atoms with E-state index in [1.165, 1.54) is 15.9 Å². The fourth-order valence-corrected chi connectivity index (χ4v) is 2.37. The normalized spacial score (nSPS) is 10.7. The van der Waals surface area contributed by atoms with Crippen molar-refractivity contribution in [1.82, 2.24) is 0 Å². The smallest absolute Gasteiger partial charge is 0.189 e. The van der Waals surface area contributed by atoms with Crippen molar-refractivity contribution in [2.75, 3.05) is 5.75 Å². The van der Waals surface area contributed by atoms with Crippen LogP contribution < -0.4 is 4.57 Å². The van der Waals surface area contributed by atoms with Gasteiger partial charge in [-0.2, -0.15) is 4.57 Å². The van der Waals surface area contributed by atoms with Crippen LogP contribution in [0.25, 0.3) is 10.9 Å². The van der Waals surface area contributed by atoms with E-state index in [9.17, 15) is 0 Å². The number of hydrogen-bond donors (Lipinski definition) is 0. The molecule has 0 aliphatic carbocycles. The molecule has 0 amide bonds. The number of aryl methyl sites for hydroxylation is 1. The predicted molar refractivity (Wildman–Crippen MR) is 61.5 cm³/mol. The van der Waals surface area contributed by atoms with Crippen molar-refractivity contribution in [2.45, 2.75) is 11.9 Å². The molecule has 0 aliphatic heterocycles. The third-order valence-electron chi connectivity index (χ3n) is 2.33. The van der Waals surface area contributed by atoms with Crippen LogP contribution in [0, 0.1) is 0 Å². The molecule has 0 bridgehead atoms. The minimum absolute atomic E-state index is 1.12. The third-order valence-corrected chi connectivity index (χ3v) is 3.32. The summed E-state index contributed by atoms with van der Waals surface area (Å²) in [6.45, 7) is 2.18. The highest BCUT2D eigenvalue weighted by Crippen LogP contribution is 2.17. The Morgan fingerprint density at radius 2 is 1.93 bits per heavy atom. The van der Waals surface area contributed by atoms with Gasteiger partial charge in [-0.05, 0) is 12.1 Å². The second kappa shape index (κ2) is 4.01. The molecule has 2 heteroatoms. The average Bonchev–Trinajstić information content (AvgIpc) is 2.23. The highest BCUT2D eigenvalue weighted by Gasteiger charge is 2.09. The first-order chi connectivity index (χ1) is 6.83. The van der Waals surface area contributed by atoms with Crippen molar-refractivity contribution < 1.29 is 4.57 Å². The fraction of sp³-hybridized carbons (Fsp3) is 0.250. The first kappa shape index (κ1) is 9.53. The molecular formula is C12H14NS+. The van der Waals surface area contributed by atoms with Crippen LogP contribution in [0.4, 0.5) is 0 Å². The Kier molecular flexibility index (Phi) is 2.73. The summed E-state index contributed by atoms with van der Waals surface area (Å²) in [6.07, 6.45) is 0. The number of benzene rings is 1. The molecule has 0 saturated heterocycles. The lowest BCUT2D eigenvalue weighted by molar-refractivity contribution is -0.683. The summed E-state index contributed by atoms with van der Waals surface area (Å²) in [5.41, 5.74) is 1.30. The second-order valence-electron chi connectivity index (χ2n) is 3.22. The summed E-state index contributed by atoms with van der Waals surface area (Å²) in [5.74, 6) is 1.12. The highest BCUT2D eigenvalue weighted by atomic mass is 32.2. The maximum atomic E-state index is 2.25. The minimum atomic E-state index is 1.12. The lowest BCUT2D eigenvalue weighted by Gasteiger charge is -2.00. The number of nitrogens with zero attached hydrogens (tertiary/aromatic N) is 1. The maximum Gasteiger partial charge on any atom is 0.240 e. The average molecular weight is 204 g/mol. The Morgan fingerprint density at radius 3 is 2.71 bits per heavy atom. The topological polar surface area (TPSA) is 3.88 Å². The second-order valence-corrected chi connectivity index (χ2v) is 4.51. The highest BCUT2D eigenvalue weighted by molar-refractivity contribution is 7.99. The minimum Gasteiger partial charge on any atom is -0.189 e. The maximum absolute atomic E-state index is 2.25. The lowest BCUT2D eigenvalue weighted by atomic mass is 10.2. The molecule has 0 atom stereocenters. The summed E-state index contributed by atoms with van der Waals surface area (Å²) in [5, 5.41) is 2.63. The summed E-state index contributed by atoms with van der Waals surface area (Å²) < 4.78 is 2.25. The van der Waals surface area contributed by atoms with Crippen molar-refractivity contribution in [1.29, 1.82) is 0 Å². The first-order valence-corrected chi connectivity index (χ1v) is 5.82. The van der Waals surface area contributed by atoms with Crippen LogP contribution in [-0.4, -0.2) is 5.75 Å². The number of hydrogen-bond acceptors (Lipinski definition) is 1. The van der Waals surface area contributed by atoms with Crippen molar-refractivity contribution in [3.63, 3.8) is 0 Å². The van der Waals surface area contributed by atoms with E-state index in [2.05, 4.69) is 54.9 Å². The van der Waals surface area contributed by atoms with Crippen LogP contribution in [0.5, 0.6) is 0 Å². The Bertz CT molecular complexity index is 451. The van der Waals surface area contributed by atoms with E-state index in [0.29, 0.717) is 0 Å². The van der Waals surface area contributed by atoms with Crippen molar-refractivity contribution in [3.05, 3.63) is 36.4 Å². The van der Waals surface area contributed by atoms with Gasteiger partial charge in [0.1, 0.15) is 7.05 Å². The SMILES string of the molecule is CCSc1ccc2ccccc2[n+]1C. The monoisotopic (exact) mass is 204 g/mol. The van der Waals surface area contributed by atoms with Crippen LogP contribution in [0.1, 0.15) is 6.92 Å². The number of fused-ring (bicyclic) bond motifs is 1. The largest absolute Gasteiger partial charge is 0.240 e. The number of para-hydroxylation sites is 1. The number of rotatable bonds is 2. The summed E-state index contributed by atoms with van der Waals surface area (Å²) in [6, 6.07) is 12.9. The van der Waals surface area contributed by atoms with Gasteiger partial charge < -0.3 is 0 Å². The molecule has 1 aromatic carbocycles. The predicted octanol–water partition coefficient (Wildman–Crippen LogP) is 2.78. The molecule has 0 fully saturated rings. The van der Waals surface area contributed by atoms with Crippen molar-refractivity contribution in [2.24, 2.45) is 7.05 Å². The molecule has 2 rings (SSSR count). The van der Waals surface area contributed by atoms with Crippen LogP contribution in [0.15, 0.2) is 41.4 Å². The fourth-order valence-electron chi connectivity index (χ4n) is 1.62. The van der Waals surface area contributed by atoms with Gasteiger partial charge in [-0.1, -0.05) is 30.8 Å². The van der Waals surface area contributed by atoms with Crippen molar-refractivity contribution in [3.8, 4) is 0 Å². The Labute approximate surface area is 88.8 Å². The zero-order valence-corrected chi connectivity index (χ0v) is 9.34. The summed E-state index contributed by atoms with van der Waals surface area (Å²) in [7, 11) is 2.13. The van der Waals surface area contributed by atoms with E-state index in [1.807, 2.05) is 11.8 Å².